The van der Waals surface area contributed by atoms with Crippen LogP contribution in [-0.4, -0.2) is 51.1 Å². The van der Waals surface area contributed by atoms with E-state index in [9.17, 15) is 4.79 Å². The van der Waals surface area contributed by atoms with E-state index in [1.807, 2.05) is 0 Å². The highest BCUT2D eigenvalue weighted by Gasteiger charge is 2.24. The SMILES string of the molecule is CNC(=O)c1sc(NCC2CCCN2C)c(OC)c1N. The van der Waals surface area contributed by atoms with Gasteiger partial charge in [-0.2, -0.15) is 0 Å². The van der Waals surface area contributed by atoms with Crippen LogP contribution in [0.4, 0.5) is 10.7 Å². The lowest BCUT2D eigenvalue weighted by Crippen LogP contribution is -2.31. The number of carbonyl (C=O) groups is 1. The van der Waals surface area contributed by atoms with Gasteiger partial charge in [0.1, 0.15) is 15.6 Å². The maximum Gasteiger partial charge on any atom is 0.263 e. The van der Waals surface area contributed by atoms with E-state index in [0.29, 0.717) is 22.4 Å². The summed E-state index contributed by atoms with van der Waals surface area (Å²) in [5, 5.41) is 6.78. The van der Waals surface area contributed by atoms with Gasteiger partial charge in [0.25, 0.3) is 5.91 Å². The molecule has 0 spiro atoms. The van der Waals surface area contributed by atoms with Crippen molar-refractivity contribution >= 4 is 27.9 Å². The highest BCUT2D eigenvalue weighted by molar-refractivity contribution is 7.19. The normalized spacial score (nSPS) is 19.1. The molecule has 0 saturated carbocycles. The Labute approximate surface area is 123 Å². The molecule has 1 amide bonds. The number of likely N-dealkylation sites (tertiary alicyclic amines) is 1. The number of carbonyl (C=O) groups excluding carboxylic acids is 1. The van der Waals surface area contributed by atoms with Gasteiger partial charge in [0, 0.05) is 19.6 Å². The van der Waals surface area contributed by atoms with Crippen LogP contribution in [0, 0.1) is 0 Å². The number of nitrogens with one attached hydrogen (secondary N) is 2. The number of hydrogen-bond acceptors (Lipinski definition) is 6. The van der Waals surface area contributed by atoms with Crippen molar-refractivity contribution in [1.29, 1.82) is 0 Å². The third-order valence-electron chi connectivity index (χ3n) is 3.71. The van der Waals surface area contributed by atoms with Gasteiger partial charge in [-0.05, 0) is 26.4 Å². The summed E-state index contributed by atoms with van der Waals surface area (Å²) >= 11 is 1.34. The largest absolute Gasteiger partial charge is 0.492 e. The summed E-state index contributed by atoms with van der Waals surface area (Å²) in [6.45, 7) is 1.97. The Morgan fingerprint density at radius 1 is 1.60 bits per heavy atom. The van der Waals surface area contributed by atoms with Gasteiger partial charge in [0.15, 0.2) is 5.75 Å². The van der Waals surface area contributed by atoms with Crippen LogP contribution < -0.4 is 21.1 Å². The number of likely N-dealkylation sites (N-methyl/N-ethyl adjacent to an activating group) is 1. The van der Waals surface area contributed by atoms with Gasteiger partial charge < -0.3 is 26.0 Å². The molecule has 4 N–H and O–H groups in total. The molecule has 1 aliphatic rings. The fourth-order valence-electron chi connectivity index (χ4n) is 2.48. The number of ether oxygens (including phenoxy) is 1. The summed E-state index contributed by atoms with van der Waals surface area (Å²) in [6, 6.07) is 0.520. The quantitative estimate of drug-likeness (QED) is 0.761. The molecule has 1 unspecified atom stereocenters. The minimum absolute atomic E-state index is 0.183. The summed E-state index contributed by atoms with van der Waals surface area (Å²) in [4.78, 5) is 14.6. The first-order chi connectivity index (χ1) is 9.58. The smallest absolute Gasteiger partial charge is 0.263 e. The van der Waals surface area contributed by atoms with Crippen LogP contribution in [0.2, 0.25) is 0 Å². The molecular formula is C13H22N4O2S. The van der Waals surface area contributed by atoms with Crippen molar-refractivity contribution in [3.8, 4) is 5.75 Å². The standard InChI is InChI=1S/C13H22N4O2S/c1-15-12(18)11-9(14)10(19-3)13(20-11)16-7-8-5-4-6-17(8)2/h8,16H,4-7,14H2,1-3H3,(H,15,18). The molecule has 0 aliphatic carbocycles. The van der Waals surface area contributed by atoms with Crippen molar-refractivity contribution in [2.75, 3.05) is 45.3 Å². The van der Waals surface area contributed by atoms with Gasteiger partial charge in [-0.1, -0.05) is 0 Å². The molecule has 6 nitrogen and oxygen atoms in total. The zero-order chi connectivity index (χ0) is 14.7. The molecule has 1 fully saturated rings. The zero-order valence-electron chi connectivity index (χ0n) is 12.2. The molecule has 1 saturated heterocycles. The topological polar surface area (TPSA) is 79.6 Å². The first-order valence-electron chi connectivity index (χ1n) is 6.71. The third-order valence-corrected chi connectivity index (χ3v) is 4.85. The second-order valence-electron chi connectivity index (χ2n) is 4.94. The van der Waals surface area contributed by atoms with Gasteiger partial charge in [-0.25, -0.2) is 0 Å². The number of nitrogens with zero attached hydrogens (tertiary/aromatic N) is 1. The number of thiophene rings is 1. The van der Waals surface area contributed by atoms with Crippen LogP contribution in [0.25, 0.3) is 0 Å². The van der Waals surface area contributed by atoms with E-state index >= 15 is 0 Å². The number of methoxy groups -OCH3 is 1. The molecule has 7 heteroatoms. The maximum absolute atomic E-state index is 11.8. The fraction of sp³-hybridized carbons (Fsp3) is 0.615. The van der Waals surface area contributed by atoms with Gasteiger partial charge >= 0.3 is 0 Å². The van der Waals surface area contributed by atoms with Crippen molar-refractivity contribution < 1.29 is 9.53 Å². The summed E-state index contributed by atoms with van der Waals surface area (Å²) < 4.78 is 5.32. The average molecular weight is 298 g/mol. The van der Waals surface area contributed by atoms with Gasteiger partial charge in [0.2, 0.25) is 0 Å². The molecule has 0 radical (unpaired) electrons. The highest BCUT2D eigenvalue weighted by Crippen LogP contribution is 2.42. The van der Waals surface area contributed by atoms with E-state index in [1.54, 1.807) is 14.2 Å². The molecule has 1 atom stereocenters. The lowest BCUT2D eigenvalue weighted by atomic mass is 10.2. The van der Waals surface area contributed by atoms with Crippen molar-refractivity contribution in [2.45, 2.75) is 18.9 Å². The molecule has 0 bridgehead atoms. The number of hydrogen-bond donors (Lipinski definition) is 3. The number of nitrogens with two attached hydrogens (primary N) is 1. The first kappa shape index (κ1) is 14.9. The lowest BCUT2D eigenvalue weighted by molar-refractivity contribution is 0.0967. The summed E-state index contributed by atoms with van der Waals surface area (Å²) in [6.07, 6.45) is 2.42. The molecule has 2 rings (SSSR count). The van der Waals surface area contributed by atoms with Crippen molar-refractivity contribution in [1.82, 2.24) is 10.2 Å². The van der Waals surface area contributed by atoms with Gasteiger partial charge in [0.05, 0.1) is 7.11 Å². The Morgan fingerprint density at radius 3 is 2.90 bits per heavy atom. The van der Waals surface area contributed by atoms with Crippen molar-refractivity contribution in [3.05, 3.63) is 4.88 Å². The summed E-state index contributed by atoms with van der Waals surface area (Å²) in [7, 11) is 5.29. The molecule has 0 aromatic carbocycles. The van der Waals surface area contributed by atoms with Crippen LogP contribution in [0.15, 0.2) is 0 Å². The predicted molar refractivity (Wildman–Crippen MR) is 82.8 cm³/mol. The van der Waals surface area contributed by atoms with E-state index in [2.05, 4.69) is 22.6 Å². The van der Waals surface area contributed by atoms with Crippen LogP contribution in [0.5, 0.6) is 5.75 Å². The molecule has 1 aliphatic heterocycles. The molecule has 20 heavy (non-hydrogen) atoms. The Balaban J connectivity index is 2.12. The van der Waals surface area contributed by atoms with E-state index < -0.39 is 0 Å². The number of anilines is 2. The number of amides is 1. The third kappa shape index (κ3) is 2.83. The van der Waals surface area contributed by atoms with Crippen molar-refractivity contribution in [2.24, 2.45) is 0 Å². The Bertz CT molecular complexity index is 489. The zero-order valence-corrected chi connectivity index (χ0v) is 13.0. The summed E-state index contributed by atoms with van der Waals surface area (Å²) in [5.41, 5.74) is 6.38. The Hall–Kier alpha value is -1.47. The number of nitrogen functional groups attached to an aromatic ring is 1. The van der Waals surface area contributed by atoms with E-state index in [1.165, 1.54) is 24.2 Å². The Morgan fingerprint density at radius 2 is 2.35 bits per heavy atom. The monoisotopic (exact) mass is 298 g/mol. The highest BCUT2D eigenvalue weighted by atomic mass is 32.1. The fourth-order valence-corrected chi connectivity index (χ4v) is 3.52. The molecule has 112 valence electrons. The van der Waals surface area contributed by atoms with E-state index in [0.717, 1.165) is 18.1 Å². The number of rotatable bonds is 5. The molecule has 1 aromatic heterocycles. The first-order valence-corrected chi connectivity index (χ1v) is 7.52. The molecular weight excluding hydrogens is 276 g/mol. The van der Waals surface area contributed by atoms with E-state index in [-0.39, 0.29) is 5.91 Å². The van der Waals surface area contributed by atoms with Crippen molar-refractivity contribution in [3.63, 3.8) is 0 Å². The maximum atomic E-state index is 11.8. The minimum Gasteiger partial charge on any atom is -0.492 e. The van der Waals surface area contributed by atoms with Crippen LogP contribution >= 0.6 is 11.3 Å². The second-order valence-corrected chi connectivity index (χ2v) is 5.96. The predicted octanol–water partition coefficient (Wildman–Crippen LogP) is 1.20. The van der Waals surface area contributed by atoms with Gasteiger partial charge in [-0.15, -0.1) is 11.3 Å². The van der Waals surface area contributed by atoms with Crippen LogP contribution in [-0.2, 0) is 0 Å². The van der Waals surface area contributed by atoms with Crippen LogP contribution in [0.1, 0.15) is 22.5 Å². The average Bonchev–Trinajstić information content (AvgIpc) is 2.99. The van der Waals surface area contributed by atoms with Crippen LogP contribution in [0.3, 0.4) is 0 Å². The molecule has 1 aromatic rings. The minimum atomic E-state index is -0.183. The Kier molecular flexibility index (Phi) is 4.72. The van der Waals surface area contributed by atoms with E-state index in [4.69, 9.17) is 10.5 Å². The molecule has 2 heterocycles. The summed E-state index contributed by atoms with van der Waals surface area (Å²) in [5.74, 6) is 0.381. The second kappa shape index (κ2) is 6.32. The lowest BCUT2D eigenvalue weighted by Gasteiger charge is -2.20. The van der Waals surface area contributed by atoms with Gasteiger partial charge in [-0.3, -0.25) is 4.79 Å².